The van der Waals surface area contributed by atoms with Crippen LogP contribution in [0.15, 0.2) is 56.3 Å². The minimum Gasteiger partial charge on any atom is -0.444 e. The van der Waals surface area contributed by atoms with Crippen LogP contribution in [0.25, 0.3) is 21.7 Å². The monoisotopic (exact) mass is 461 g/mol. The number of halogens is 1. The van der Waals surface area contributed by atoms with E-state index in [9.17, 15) is 4.79 Å². The molecular weight excluding hydrogens is 442 g/mol. The van der Waals surface area contributed by atoms with Gasteiger partial charge in [0.05, 0.1) is 21.5 Å². The third-order valence-corrected chi connectivity index (χ3v) is 6.49. The summed E-state index contributed by atoms with van der Waals surface area (Å²) in [5, 5.41) is 3.73. The third-order valence-electron chi connectivity index (χ3n) is 4.39. The average molecular weight is 462 g/mol. The van der Waals surface area contributed by atoms with Crippen molar-refractivity contribution >= 4 is 45.6 Å². The maximum absolute atomic E-state index is 13.1. The molecule has 0 bridgehead atoms. The minimum absolute atomic E-state index is 0.0740. The fraction of sp³-hybridized carbons (Fsp3) is 0.286. The lowest BCUT2D eigenvalue weighted by molar-refractivity contribution is 0.140. The van der Waals surface area contributed by atoms with Crippen LogP contribution in [0.4, 0.5) is 0 Å². The Morgan fingerprint density at radius 1 is 1.30 bits per heavy atom. The van der Waals surface area contributed by atoms with Gasteiger partial charge in [0.2, 0.25) is 5.89 Å². The highest BCUT2D eigenvalue weighted by atomic mass is 35.5. The molecule has 6 nitrogen and oxygen atoms in total. The SMILES string of the molecule is CCOCCCn1c(SCc2coc(-c3cccs3)n2)nc2cc(Cl)ccc2c1=O. The fourth-order valence-electron chi connectivity index (χ4n) is 2.98. The Labute approximate surface area is 186 Å². The van der Waals surface area contributed by atoms with Gasteiger partial charge in [0.15, 0.2) is 5.16 Å². The van der Waals surface area contributed by atoms with Crippen molar-refractivity contribution in [2.75, 3.05) is 13.2 Å². The molecule has 0 atom stereocenters. The zero-order valence-corrected chi connectivity index (χ0v) is 18.7. The Bertz CT molecular complexity index is 1190. The van der Waals surface area contributed by atoms with Crippen molar-refractivity contribution in [2.45, 2.75) is 30.8 Å². The molecule has 4 aromatic rings. The van der Waals surface area contributed by atoms with Gasteiger partial charge in [-0.15, -0.1) is 11.3 Å². The summed E-state index contributed by atoms with van der Waals surface area (Å²) >= 11 is 9.15. The number of benzene rings is 1. The number of thioether (sulfide) groups is 1. The minimum atomic E-state index is -0.0740. The van der Waals surface area contributed by atoms with E-state index in [0.29, 0.717) is 52.5 Å². The maximum atomic E-state index is 13.1. The molecule has 0 spiro atoms. The smallest absolute Gasteiger partial charge is 0.262 e. The number of thiophene rings is 1. The molecule has 3 aromatic heterocycles. The van der Waals surface area contributed by atoms with Crippen molar-refractivity contribution in [3.63, 3.8) is 0 Å². The Kier molecular flexibility index (Phi) is 6.89. The van der Waals surface area contributed by atoms with Gasteiger partial charge in [-0.25, -0.2) is 9.97 Å². The first-order valence-corrected chi connectivity index (χ1v) is 11.8. The van der Waals surface area contributed by atoms with Crippen LogP contribution < -0.4 is 5.56 Å². The molecule has 0 aliphatic heterocycles. The lowest BCUT2D eigenvalue weighted by Crippen LogP contribution is -2.24. The molecular formula is C21H20ClN3O3S2. The van der Waals surface area contributed by atoms with E-state index in [1.807, 2.05) is 24.4 Å². The molecule has 156 valence electrons. The summed E-state index contributed by atoms with van der Waals surface area (Å²) in [7, 11) is 0. The number of ether oxygens (including phenoxy) is 1. The van der Waals surface area contributed by atoms with Crippen LogP contribution in [0.2, 0.25) is 5.02 Å². The van der Waals surface area contributed by atoms with E-state index in [1.54, 1.807) is 40.4 Å². The zero-order valence-electron chi connectivity index (χ0n) is 16.3. The van der Waals surface area contributed by atoms with E-state index in [-0.39, 0.29) is 5.56 Å². The average Bonchev–Trinajstić information content (AvgIpc) is 3.42. The van der Waals surface area contributed by atoms with Gasteiger partial charge in [-0.3, -0.25) is 9.36 Å². The van der Waals surface area contributed by atoms with E-state index < -0.39 is 0 Å². The fourth-order valence-corrected chi connectivity index (χ4v) is 4.70. The molecule has 0 amide bonds. The Morgan fingerprint density at radius 2 is 2.20 bits per heavy atom. The normalized spacial score (nSPS) is 11.4. The third kappa shape index (κ3) is 4.78. The molecule has 0 N–H and O–H groups in total. The highest BCUT2D eigenvalue weighted by Crippen LogP contribution is 2.27. The van der Waals surface area contributed by atoms with Crippen LogP contribution in [-0.2, 0) is 17.0 Å². The zero-order chi connectivity index (χ0) is 20.9. The van der Waals surface area contributed by atoms with Gasteiger partial charge in [-0.1, -0.05) is 29.4 Å². The molecule has 0 aliphatic carbocycles. The number of aromatic nitrogens is 3. The number of nitrogens with zero attached hydrogens (tertiary/aromatic N) is 3. The number of hydrogen-bond acceptors (Lipinski definition) is 7. The van der Waals surface area contributed by atoms with Gasteiger partial charge in [-0.2, -0.15) is 0 Å². The molecule has 0 unspecified atom stereocenters. The molecule has 0 fully saturated rings. The first-order chi connectivity index (χ1) is 14.7. The molecule has 0 saturated carbocycles. The number of oxazole rings is 1. The van der Waals surface area contributed by atoms with E-state index in [4.69, 9.17) is 25.7 Å². The van der Waals surface area contributed by atoms with Crippen LogP contribution in [0.5, 0.6) is 0 Å². The summed E-state index contributed by atoms with van der Waals surface area (Å²) in [6.45, 7) is 3.74. The maximum Gasteiger partial charge on any atom is 0.262 e. The van der Waals surface area contributed by atoms with E-state index in [1.165, 1.54) is 11.8 Å². The summed E-state index contributed by atoms with van der Waals surface area (Å²) in [5.41, 5.74) is 1.32. The second-order valence-corrected chi connectivity index (χ2v) is 8.80. The Morgan fingerprint density at radius 3 is 3.00 bits per heavy atom. The second-order valence-electron chi connectivity index (χ2n) is 6.47. The van der Waals surface area contributed by atoms with E-state index in [2.05, 4.69) is 4.98 Å². The van der Waals surface area contributed by atoms with Crippen LogP contribution >= 0.6 is 34.7 Å². The van der Waals surface area contributed by atoms with E-state index in [0.717, 1.165) is 17.0 Å². The predicted molar refractivity (Wildman–Crippen MR) is 122 cm³/mol. The van der Waals surface area contributed by atoms with Crippen LogP contribution in [0.1, 0.15) is 19.0 Å². The van der Waals surface area contributed by atoms with Crippen LogP contribution in [0.3, 0.4) is 0 Å². The predicted octanol–water partition coefficient (Wildman–Crippen LogP) is 5.49. The highest BCUT2D eigenvalue weighted by molar-refractivity contribution is 7.98. The van der Waals surface area contributed by atoms with Gasteiger partial charge in [0, 0.05) is 30.5 Å². The molecule has 3 heterocycles. The highest BCUT2D eigenvalue weighted by Gasteiger charge is 2.14. The topological polar surface area (TPSA) is 70.2 Å². The summed E-state index contributed by atoms with van der Waals surface area (Å²) in [6, 6.07) is 9.09. The second kappa shape index (κ2) is 9.78. The Balaban J connectivity index is 1.60. The first-order valence-electron chi connectivity index (χ1n) is 9.54. The van der Waals surface area contributed by atoms with Crippen LogP contribution in [-0.4, -0.2) is 27.7 Å². The number of hydrogen-bond donors (Lipinski definition) is 0. The van der Waals surface area contributed by atoms with Crippen molar-refractivity contribution in [1.82, 2.24) is 14.5 Å². The summed E-state index contributed by atoms with van der Waals surface area (Å²) in [6.07, 6.45) is 2.38. The van der Waals surface area contributed by atoms with Gasteiger partial charge >= 0.3 is 0 Å². The van der Waals surface area contributed by atoms with Crippen molar-refractivity contribution in [2.24, 2.45) is 0 Å². The molecule has 30 heavy (non-hydrogen) atoms. The van der Waals surface area contributed by atoms with Gasteiger partial charge in [-0.05, 0) is 43.0 Å². The molecule has 9 heteroatoms. The molecule has 0 aliphatic rings. The number of fused-ring (bicyclic) bond motifs is 1. The lowest BCUT2D eigenvalue weighted by Gasteiger charge is -2.13. The Hall–Kier alpha value is -2.13. The molecule has 0 saturated heterocycles. The van der Waals surface area contributed by atoms with Crippen LogP contribution in [0, 0.1) is 0 Å². The largest absolute Gasteiger partial charge is 0.444 e. The molecule has 0 radical (unpaired) electrons. The van der Waals surface area contributed by atoms with E-state index >= 15 is 0 Å². The molecule has 1 aromatic carbocycles. The first kappa shape index (κ1) is 21.1. The quantitative estimate of drug-likeness (QED) is 0.186. The summed E-state index contributed by atoms with van der Waals surface area (Å²) in [4.78, 5) is 23.3. The number of rotatable bonds is 9. The van der Waals surface area contributed by atoms with Gasteiger partial charge in [0.25, 0.3) is 5.56 Å². The van der Waals surface area contributed by atoms with Crippen molar-refractivity contribution in [1.29, 1.82) is 0 Å². The van der Waals surface area contributed by atoms with Crippen molar-refractivity contribution < 1.29 is 9.15 Å². The van der Waals surface area contributed by atoms with Gasteiger partial charge < -0.3 is 9.15 Å². The molecule has 4 rings (SSSR count). The van der Waals surface area contributed by atoms with Crippen molar-refractivity contribution in [3.8, 4) is 10.8 Å². The standard InChI is InChI=1S/C21H20ClN3O3S2/c1-2-27-9-4-8-25-20(26)16-7-6-14(22)11-17(16)24-21(25)30-13-15-12-28-19(23-15)18-5-3-10-29-18/h3,5-7,10-12H,2,4,8-9,13H2,1H3. The summed E-state index contributed by atoms with van der Waals surface area (Å²) < 4.78 is 12.7. The van der Waals surface area contributed by atoms with Crippen molar-refractivity contribution in [3.05, 3.63) is 63.0 Å². The lowest BCUT2D eigenvalue weighted by atomic mass is 10.2. The summed E-state index contributed by atoms with van der Waals surface area (Å²) in [5.74, 6) is 1.15. The van der Waals surface area contributed by atoms with Gasteiger partial charge in [0.1, 0.15) is 6.26 Å².